The van der Waals surface area contributed by atoms with Gasteiger partial charge in [-0.05, 0) is 28.4 Å². The van der Waals surface area contributed by atoms with Crippen LogP contribution in [0.3, 0.4) is 0 Å². The maximum atomic E-state index is 3.67. The molecule has 0 saturated heterocycles. The summed E-state index contributed by atoms with van der Waals surface area (Å²) in [5.74, 6) is 0. The largest absolute Gasteiger partial charge is 4.00 e. The third-order valence-corrected chi connectivity index (χ3v) is 5.05. The third-order valence-electron chi connectivity index (χ3n) is 5.05. The van der Waals surface area contributed by atoms with Crippen molar-refractivity contribution in [3.8, 4) is 11.1 Å². The Balaban J connectivity index is 0.000000863. The SMILES string of the molecule is CC(C)(C)c1[c-]c2c(cc1)-c1ccc(C(C)(C)C)cc1C2.[C-]1=CC=CC1.[Cl-].[Cl-].[Zr+4]. The van der Waals surface area contributed by atoms with Crippen LogP contribution in [0.2, 0.25) is 0 Å². The van der Waals surface area contributed by atoms with Gasteiger partial charge in [-0.25, -0.2) is 12.2 Å². The molecule has 0 spiro atoms. The smallest absolute Gasteiger partial charge is 1.00 e. The topological polar surface area (TPSA) is 0 Å². The molecular formula is C26H30Cl2Zr. The second-order valence-corrected chi connectivity index (χ2v) is 9.32. The summed E-state index contributed by atoms with van der Waals surface area (Å²) >= 11 is 0. The number of hydrogen-bond acceptors (Lipinski definition) is 0. The summed E-state index contributed by atoms with van der Waals surface area (Å²) < 4.78 is 0. The molecule has 0 N–H and O–H groups in total. The predicted octanol–water partition coefficient (Wildman–Crippen LogP) is 0.964. The molecule has 2 aromatic carbocycles. The maximum Gasteiger partial charge on any atom is 4.00 e. The molecule has 0 nitrogen and oxygen atoms in total. The van der Waals surface area contributed by atoms with Gasteiger partial charge in [0.2, 0.25) is 0 Å². The van der Waals surface area contributed by atoms with E-state index >= 15 is 0 Å². The summed E-state index contributed by atoms with van der Waals surface area (Å²) in [4.78, 5) is 0. The Morgan fingerprint density at radius 3 is 1.97 bits per heavy atom. The summed E-state index contributed by atoms with van der Waals surface area (Å²) in [5, 5.41) is 0. The van der Waals surface area contributed by atoms with E-state index in [1.807, 2.05) is 12.2 Å². The van der Waals surface area contributed by atoms with E-state index in [-0.39, 0.29) is 61.8 Å². The van der Waals surface area contributed by atoms with Gasteiger partial charge in [0.05, 0.1) is 0 Å². The van der Waals surface area contributed by atoms with Crippen molar-refractivity contribution in [2.24, 2.45) is 0 Å². The van der Waals surface area contributed by atoms with E-state index in [9.17, 15) is 0 Å². The Kier molecular flexibility index (Phi) is 10.9. The van der Waals surface area contributed by atoms with Crippen LogP contribution in [0.25, 0.3) is 11.1 Å². The molecule has 0 atom stereocenters. The molecule has 0 unspecified atom stereocenters. The van der Waals surface area contributed by atoms with Crippen molar-refractivity contribution in [1.29, 1.82) is 0 Å². The van der Waals surface area contributed by atoms with E-state index in [4.69, 9.17) is 0 Å². The van der Waals surface area contributed by atoms with E-state index in [2.05, 4.69) is 90.1 Å². The number of benzene rings is 2. The summed E-state index contributed by atoms with van der Waals surface area (Å²) in [5.41, 5.74) is 8.70. The first-order chi connectivity index (χ1) is 12.2. The van der Waals surface area contributed by atoms with Crippen LogP contribution in [0.1, 0.15) is 70.2 Å². The monoisotopic (exact) mass is 502 g/mol. The van der Waals surface area contributed by atoms with Crippen LogP contribution in [0.15, 0.2) is 48.6 Å². The van der Waals surface area contributed by atoms with Crippen LogP contribution >= 0.6 is 0 Å². The number of hydrogen-bond donors (Lipinski definition) is 0. The molecule has 2 aliphatic carbocycles. The Morgan fingerprint density at radius 2 is 1.48 bits per heavy atom. The predicted molar refractivity (Wildman–Crippen MR) is 112 cm³/mol. The Bertz CT molecular complexity index is 794. The minimum atomic E-state index is 0. The van der Waals surface area contributed by atoms with Gasteiger partial charge in [0.25, 0.3) is 0 Å². The van der Waals surface area contributed by atoms with Gasteiger partial charge >= 0.3 is 26.2 Å². The number of halogens is 2. The molecule has 0 aliphatic heterocycles. The van der Waals surface area contributed by atoms with Crippen molar-refractivity contribution in [3.63, 3.8) is 0 Å². The van der Waals surface area contributed by atoms with Crippen molar-refractivity contribution >= 4 is 0 Å². The van der Waals surface area contributed by atoms with Crippen LogP contribution in [0.5, 0.6) is 0 Å². The van der Waals surface area contributed by atoms with Gasteiger partial charge in [0.15, 0.2) is 0 Å². The molecule has 0 aromatic heterocycles. The Morgan fingerprint density at radius 1 is 0.828 bits per heavy atom. The molecule has 0 amide bonds. The average Bonchev–Trinajstić information content (AvgIpc) is 3.23. The van der Waals surface area contributed by atoms with Gasteiger partial charge in [-0.2, -0.15) is 29.8 Å². The minimum Gasteiger partial charge on any atom is -1.00 e. The van der Waals surface area contributed by atoms with Gasteiger partial charge < -0.3 is 24.8 Å². The standard InChI is InChI=1S/C21H25.C5H5.2ClH.Zr/c1-20(2,3)16-7-9-18-14(12-16)11-15-13-17(21(4,5)6)8-10-19(15)18;1-2-4-5-3-1;;;/h7-10,12H,11H2,1-6H3;1-3H,4H2;2*1H;/q2*-1;;;+4/p-2. The van der Waals surface area contributed by atoms with Crippen molar-refractivity contribution in [3.05, 3.63) is 83.0 Å². The summed E-state index contributed by atoms with van der Waals surface area (Å²) in [7, 11) is 0. The zero-order valence-electron chi connectivity index (χ0n) is 18.3. The molecule has 2 aromatic rings. The molecule has 2 aliphatic rings. The van der Waals surface area contributed by atoms with E-state index < -0.39 is 0 Å². The molecule has 0 saturated carbocycles. The van der Waals surface area contributed by atoms with Gasteiger partial charge in [-0.3, -0.25) is 6.08 Å². The minimum absolute atomic E-state index is 0. The molecule has 0 heterocycles. The fourth-order valence-electron chi connectivity index (χ4n) is 3.37. The first-order valence-electron chi connectivity index (χ1n) is 9.57. The first kappa shape index (κ1) is 28.4. The third kappa shape index (κ3) is 6.95. The molecule has 3 heteroatoms. The summed E-state index contributed by atoms with van der Waals surface area (Å²) in [6.07, 6.45) is 11.0. The Labute approximate surface area is 209 Å². The van der Waals surface area contributed by atoms with Gasteiger partial charge in [-0.1, -0.05) is 65.3 Å². The zero-order valence-corrected chi connectivity index (χ0v) is 22.3. The van der Waals surface area contributed by atoms with Crippen LogP contribution in [0.4, 0.5) is 0 Å². The normalized spacial score (nSPS) is 13.2. The molecule has 152 valence electrons. The molecular weight excluding hydrogens is 474 g/mol. The second-order valence-electron chi connectivity index (χ2n) is 9.32. The van der Waals surface area contributed by atoms with Crippen LogP contribution in [-0.4, -0.2) is 0 Å². The van der Waals surface area contributed by atoms with Gasteiger partial charge in [-0.15, -0.1) is 17.5 Å². The summed E-state index contributed by atoms with van der Waals surface area (Å²) in [6, 6.07) is 15.2. The molecule has 4 rings (SSSR count). The maximum absolute atomic E-state index is 3.67. The van der Waals surface area contributed by atoms with Crippen molar-refractivity contribution in [1.82, 2.24) is 0 Å². The fourth-order valence-corrected chi connectivity index (χ4v) is 3.37. The average molecular weight is 505 g/mol. The van der Waals surface area contributed by atoms with E-state index in [0.717, 1.165) is 12.8 Å². The van der Waals surface area contributed by atoms with Crippen LogP contribution in [-0.2, 0) is 43.5 Å². The number of allylic oxidation sites excluding steroid dienone is 4. The van der Waals surface area contributed by atoms with Gasteiger partial charge in [0, 0.05) is 0 Å². The van der Waals surface area contributed by atoms with E-state index in [1.54, 1.807) is 0 Å². The van der Waals surface area contributed by atoms with Crippen LogP contribution < -0.4 is 24.8 Å². The van der Waals surface area contributed by atoms with Crippen molar-refractivity contribution in [2.75, 3.05) is 0 Å². The Hall–Kier alpha value is -0.617. The van der Waals surface area contributed by atoms with E-state index in [0.29, 0.717) is 0 Å². The number of fused-ring (bicyclic) bond motifs is 3. The number of rotatable bonds is 0. The van der Waals surface area contributed by atoms with Crippen molar-refractivity contribution < 1.29 is 51.0 Å². The molecule has 0 bridgehead atoms. The van der Waals surface area contributed by atoms with E-state index in [1.165, 1.54) is 33.4 Å². The van der Waals surface area contributed by atoms with Crippen molar-refractivity contribution in [2.45, 2.75) is 65.2 Å². The molecule has 0 radical (unpaired) electrons. The fraction of sp³-hybridized carbons (Fsp3) is 0.385. The zero-order chi connectivity index (χ0) is 18.9. The molecule has 0 fully saturated rings. The quantitative estimate of drug-likeness (QED) is 0.401. The molecule has 29 heavy (non-hydrogen) atoms. The van der Waals surface area contributed by atoms with Gasteiger partial charge in [0.1, 0.15) is 0 Å². The first-order valence-corrected chi connectivity index (χ1v) is 9.57. The summed E-state index contributed by atoms with van der Waals surface area (Å²) in [6.45, 7) is 13.6. The second kappa shape index (κ2) is 11.1. The van der Waals surface area contributed by atoms with Crippen LogP contribution in [0, 0.1) is 12.1 Å².